The molecule has 4 N–H and O–H groups in total. The SMILES string of the molecule is COc1ccc(NC(=O)CCN2C(=O)NC3(CCCC3)C2=O)cc1N.Cl. The average molecular weight is 383 g/mol. The first kappa shape index (κ1) is 19.8. The molecule has 1 heterocycles. The van der Waals surface area contributed by atoms with Gasteiger partial charge < -0.3 is 21.1 Å². The van der Waals surface area contributed by atoms with Crippen LogP contribution in [0, 0.1) is 0 Å². The summed E-state index contributed by atoms with van der Waals surface area (Å²) in [4.78, 5) is 37.8. The van der Waals surface area contributed by atoms with Crippen molar-refractivity contribution in [2.45, 2.75) is 37.6 Å². The van der Waals surface area contributed by atoms with Gasteiger partial charge in [-0.25, -0.2) is 4.79 Å². The van der Waals surface area contributed by atoms with Crippen LogP contribution in [0.5, 0.6) is 5.75 Å². The summed E-state index contributed by atoms with van der Waals surface area (Å²) >= 11 is 0. The predicted octanol–water partition coefficient (Wildman–Crippen LogP) is 1.89. The Bertz CT molecular complexity index is 719. The number of imide groups is 1. The summed E-state index contributed by atoms with van der Waals surface area (Å²) in [6.45, 7) is 0.0594. The minimum Gasteiger partial charge on any atom is -0.495 e. The molecule has 3 rings (SSSR count). The van der Waals surface area contributed by atoms with Crippen molar-refractivity contribution in [3.8, 4) is 5.75 Å². The van der Waals surface area contributed by atoms with E-state index in [1.165, 1.54) is 7.11 Å². The molecule has 1 aliphatic heterocycles. The van der Waals surface area contributed by atoms with Crippen molar-refractivity contribution < 1.29 is 19.1 Å². The standard InChI is InChI=1S/C17H22N4O4.ClH/c1-25-13-5-4-11(10-12(13)18)19-14(22)6-9-21-15(23)17(20-16(21)24)7-2-3-8-17;/h4-5,10H,2-3,6-9,18H2,1H3,(H,19,22)(H,20,24);1H. The fourth-order valence-corrected chi connectivity index (χ4v) is 3.45. The van der Waals surface area contributed by atoms with E-state index in [1.807, 2.05) is 0 Å². The molecule has 26 heavy (non-hydrogen) atoms. The van der Waals surface area contributed by atoms with E-state index in [4.69, 9.17) is 10.5 Å². The zero-order valence-corrected chi connectivity index (χ0v) is 15.4. The summed E-state index contributed by atoms with van der Waals surface area (Å²) in [6, 6.07) is 4.52. The number of hydrogen-bond acceptors (Lipinski definition) is 5. The Kier molecular flexibility index (Phi) is 5.97. The number of carbonyl (C=O) groups excluding carboxylic acids is 3. The molecule has 0 atom stereocenters. The van der Waals surface area contributed by atoms with Crippen molar-refractivity contribution in [1.82, 2.24) is 10.2 Å². The second-order valence-electron chi connectivity index (χ2n) is 6.43. The number of hydrogen-bond donors (Lipinski definition) is 3. The van der Waals surface area contributed by atoms with Gasteiger partial charge in [-0.1, -0.05) is 12.8 Å². The Morgan fingerprint density at radius 1 is 1.35 bits per heavy atom. The fourth-order valence-electron chi connectivity index (χ4n) is 3.45. The summed E-state index contributed by atoms with van der Waals surface area (Å²) < 4.78 is 5.06. The Hall–Kier alpha value is -2.48. The smallest absolute Gasteiger partial charge is 0.325 e. The molecule has 0 radical (unpaired) electrons. The van der Waals surface area contributed by atoms with Crippen LogP contribution in [0.2, 0.25) is 0 Å². The molecule has 2 fully saturated rings. The van der Waals surface area contributed by atoms with Gasteiger partial charge >= 0.3 is 6.03 Å². The van der Waals surface area contributed by atoms with Crippen LogP contribution in [-0.2, 0) is 9.59 Å². The number of methoxy groups -OCH3 is 1. The number of nitrogen functional groups attached to an aromatic ring is 1. The normalized spacial score (nSPS) is 17.8. The molecule has 8 nitrogen and oxygen atoms in total. The lowest BCUT2D eigenvalue weighted by atomic mass is 9.98. The van der Waals surface area contributed by atoms with Crippen LogP contribution in [0.25, 0.3) is 0 Å². The Labute approximate surface area is 157 Å². The molecule has 0 unspecified atom stereocenters. The minimum absolute atomic E-state index is 0. The van der Waals surface area contributed by atoms with E-state index < -0.39 is 11.6 Å². The minimum atomic E-state index is -0.738. The molecule has 0 bridgehead atoms. The number of benzene rings is 1. The largest absolute Gasteiger partial charge is 0.495 e. The molecule has 142 valence electrons. The van der Waals surface area contributed by atoms with Gasteiger partial charge in [-0.15, -0.1) is 12.4 Å². The Balaban J connectivity index is 0.00000243. The maximum Gasteiger partial charge on any atom is 0.325 e. The lowest BCUT2D eigenvalue weighted by Gasteiger charge is -2.19. The number of nitrogens with two attached hydrogens (primary N) is 1. The van der Waals surface area contributed by atoms with Crippen molar-refractivity contribution in [2.24, 2.45) is 0 Å². The quantitative estimate of drug-likeness (QED) is 0.531. The molecule has 0 aromatic heterocycles. The van der Waals surface area contributed by atoms with Gasteiger partial charge in [0.2, 0.25) is 5.91 Å². The highest BCUT2D eigenvalue weighted by atomic mass is 35.5. The lowest BCUT2D eigenvalue weighted by Crippen LogP contribution is -2.44. The van der Waals surface area contributed by atoms with Crippen LogP contribution < -0.4 is 21.1 Å². The van der Waals surface area contributed by atoms with Crippen LogP contribution in [0.1, 0.15) is 32.1 Å². The molecule has 1 aromatic carbocycles. The molecular weight excluding hydrogens is 360 g/mol. The maximum absolute atomic E-state index is 12.5. The summed E-state index contributed by atoms with van der Waals surface area (Å²) in [6.07, 6.45) is 3.23. The van der Waals surface area contributed by atoms with E-state index in [0.29, 0.717) is 30.0 Å². The number of nitrogens with one attached hydrogen (secondary N) is 2. The zero-order valence-electron chi connectivity index (χ0n) is 14.5. The van der Waals surface area contributed by atoms with E-state index in [-0.39, 0.29) is 37.2 Å². The highest BCUT2D eigenvalue weighted by Gasteiger charge is 2.52. The average Bonchev–Trinajstić information content (AvgIpc) is 3.12. The van der Waals surface area contributed by atoms with Crippen molar-refractivity contribution in [3.05, 3.63) is 18.2 Å². The third-order valence-corrected chi connectivity index (χ3v) is 4.78. The summed E-state index contributed by atoms with van der Waals surface area (Å²) in [5.41, 5.74) is 6.01. The number of halogens is 1. The van der Waals surface area contributed by atoms with Crippen molar-refractivity contribution >= 4 is 41.6 Å². The number of carbonyl (C=O) groups is 3. The Morgan fingerprint density at radius 3 is 2.65 bits per heavy atom. The van der Waals surface area contributed by atoms with Gasteiger partial charge in [0.15, 0.2) is 0 Å². The van der Waals surface area contributed by atoms with Crippen LogP contribution in [0.3, 0.4) is 0 Å². The molecule has 1 aromatic rings. The predicted molar refractivity (Wildman–Crippen MR) is 99.3 cm³/mol. The Morgan fingerprint density at radius 2 is 2.04 bits per heavy atom. The second kappa shape index (κ2) is 7.82. The number of amides is 4. The van der Waals surface area contributed by atoms with Crippen molar-refractivity contribution in [1.29, 1.82) is 0 Å². The third kappa shape index (κ3) is 3.70. The summed E-state index contributed by atoms with van der Waals surface area (Å²) in [5, 5.41) is 5.50. The van der Waals surface area contributed by atoms with Gasteiger partial charge in [0, 0.05) is 18.7 Å². The van der Waals surface area contributed by atoms with Crippen molar-refractivity contribution in [2.75, 3.05) is 24.7 Å². The van der Waals surface area contributed by atoms with Gasteiger partial charge in [-0.05, 0) is 31.0 Å². The lowest BCUT2D eigenvalue weighted by molar-refractivity contribution is -0.131. The summed E-state index contributed by atoms with van der Waals surface area (Å²) in [5.74, 6) is 0.0215. The maximum atomic E-state index is 12.5. The molecule has 1 spiro atoms. The number of rotatable bonds is 5. The first-order valence-corrected chi connectivity index (χ1v) is 8.33. The number of anilines is 2. The number of ether oxygens (including phenoxy) is 1. The van der Waals surface area contributed by atoms with Gasteiger partial charge in [0.05, 0.1) is 12.8 Å². The zero-order chi connectivity index (χ0) is 18.0. The topological polar surface area (TPSA) is 114 Å². The van der Waals surface area contributed by atoms with Gasteiger partial charge in [0.1, 0.15) is 11.3 Å². The van der Waals surface area contributed by atoms with Crippen LogP contribution in [0.15, 0.2) is 18.2 Å². The highest BCUT2D eigenvalue weighted by Crippen LogP contribution is 2.35. The summed E-state index contributed by atoms with van der Waals surface area (Å²) in [7, 11) is 1.51. The molecule has 9 heteroatoms. The molecule has 1 saturated heterocycles. The van der Waals surface area contributed by atoms with E-state index in [1.54, 1.807) is 18.2 Å². The van der Waals surface area contributed by atoms with E-state index in [9.17, 15) is 14.4 Å². The van der Waals surface area contributed by atoms with E-state index in [2.05, 4.69) is 10.6 Å². The first-order valence-electron chi connectivity index (χ1n) is 8.33. The second-order valence-corrected chi connectivity index (χ2v) is 6.43. The number of urea groups is 1. The van der Waals surface area contributed by atoms with Crippen molar-refractivity contribution in [3.63, 3.8) is 0 Å². The van der Waals surface area contributed by atoms with Crippen LogP contribution >= 0.6 is 12.4 Å². The molecule has 4 amide bonds. The molecular formula is C17H23ClN4O4. The van der Waals surface area contributed by atoms with E-state index >= 15 is 0 Å². The van der Waals surface area contributed by atoms with E-state index in [0.717, 1.165) is 17.7 Å². The number of nitrogens with zero attached hydrogens (tertiary/aromatic N) is 1. The highest BCUT2D eigenvalue weighted by molar-refractivity contribution is 6.07. The monoisotopic (exact) mass is 382 g/mol. The third-order valence-electron chi connectivity index (χ3n) is 4.78. The van der Waals surface area contributed by atoms with Gasteiger partial charge in [0.25, 0.3) is 5.91 Å². The fraction of sp³-hybridized carbons (Fsp3) is 0.471. The van der Waals surface area contributed by atoms with Gasteiger partial charge in [-0.3, -0.25) is 14.5 Å². The van der Waals surface area contributed by atoms with Crippen LogP contribution in [-0.4, -0.2) is 41.9 Å². The van der Waals surface area contributed by atoms with Gasteiger partial charge in [-0.2, -0.15) is 0 Å². The molecule has 2 aliphatic rings. The molecule has 1 saturated carbocycles. The molecule has 1 aliphatic carbocycles. The van der Waals surface area contributed by atoms with Crippen LogP contribution in [0.4, 0.5) is 16.2 Å². The first-order chi connectivity index (χ1) is 11.9.